The first-order chi connectivity index (χ1) is 9.22. The van der Waals surface area contributed by atoms with Crippen molar-refractivity contribution in [3.63, 3.8) is 0 Å². The van der Waals surface area contributed by atoms with Gasteiger partial charge in [0.1, 0.15) is 5.69 Å². The van der Waals surface area contributed by atoms with E-state index in [2.05, 4.69) is 10.3 Å². The number of aromatic nitrogens is 1. The second-order valence-electron chi connectivity index (χ2n) is 4.32. The summed E-state index contributed by atoms with van der Waals surface area (Å²) >= 11 is 0. The van der Waals surface area contributed by atoms with Crippen molar-refractivity contribution in [1.82, 2.24) is 10.3 Å². The van der Waals surface area contributed by atoms with Crippen LogP contribution in [0.3, 0.4) is 0 Å². The highest BCUT2D eigenvalue weighted by atomic mass is 16.1. The van der Waals surface area contributed by atoms with Gasteiger partial charge in [-0.3, -0.25) is 9.78 Å². The minimum absolute atomic E-state index is 0.162. The van der Waals surface area contributed by atoms with Crippen molar-refractivity contribution in [3.8, 4) is 0 Å². The van der Waals surface area contributed by atoms with Crippen molar-refractivity contribution in [3.05, 3.63) is 65.0 Å². The average molecular weight is 255 g/mol. The molecular weight excluding hydrogens is 238 g/mol. The standard InChI is InChI=1S/C15H17N3O/c1-11-5-4-8-17-14(11)15(19)18-10-13-7-3-2-6-12(13)9-16/h2-8H,9-10,16H2,1H3,(H,18,19). The lowest BCUT2D eigenvalue weighted by Gasteiger charge is -2.09. The van der Waals surface area contributed by atoms with E-state index in [-0.39, 0.29) is 5.91 Å². The van der Waals surface area contributed by atoms with Gasteiger partial charge in [-0.2, -0.15) is 0 Å². The molecule has 1 heterocycles. The van der Waals surface area contributed by atoms with Crippen LogP contribution in [0.25, 0.3) is 0 Å². The second kappa shape index (κ2) is 6.11. The predicted molar refractivity (Wildman–Crippen MR) is 74.5 cm³/mol. The number of amides is 1. The Bertz CT molecular complexity index is 581. The van der Waals surface area contributed by atoms with Crippen LogP contribution < -0.4 is 11.1 Å². The van der Waals surface area contributed by atoms with Gasteiger partial charge in [0.2, 0.25) is 0 Å². The first kappa shape index (κ1) is 13.2. The number of nitrogens with two attached hydrogens (primary N) is 1. The summed E-state index contributed by atoms with van der Waals surface area (Å²) in [6, 6.07) is 11.5. The summed E-state index contributed by atoms with van der Waals surface area (Å²) in [5, 5.41) is 2.87. The zero-order chi connectivity index (χ0) is 13.7. The number of carbonyl (C=O) groups excluding carboxylic acids is 1. The van der Waals surface area contributed by atoms with Crippen molar-refractivity contribution in [2.24, 2.45) is 5.73 Å². The fraction of sp³-hybridized carbons (Fsp3) is 0.200. The van der Waals surface area contributed by atoms with Crippen molar-refractivity contribution < 1.29 is 4.79 Å². The number of rotatable bonds is 4. The molecule has 2 rings (SSSR count). The molecule has 0 bridgehead atoms. The Hall–Kier alpha value is -2.20. The second-order valence-corrected chi connectivity index (χ2v) is 4.32. The maximum Gasteiger partial charge on any atom is 0.270 e. The molecule has 0 aliphatic rings. The Morgan fingerprint density at radius 2 is 1.95 bits per heavy atom. The Kier molecular flexibility index (Phi) is 4.26. The molecule has 0 fully saturated rings. The van der Waals surface area contributed by atoms with E-state index in [0.717, 1.165) is 16.7 Å². The number of hydrogen-bond donors (Lipinski definition) is 2. The molecule has 0 atom stereocenters. The molecule has 4 heteroatoms. The SMILES string of the molecule is Cc1cccnc1C(=O)NCc1ccccc1CN. The van der Waals surface area contributed by atoms with Gasteiger partial charge in [-0.1, -0.05) is 30.3 Å². The van der Waals surface area contributed by atoms with Crippen LogP contribution >= 0.6 is 0 Å². The first-order valence-corrected chi connectivity index (χ1v) is 6.19. The van der Waals surface area contributed by atoms with Crippen LogP contribution in [0.15, 0.2) is 42.6 Å². The lowest BCUT2D eigenvalue weighted by molar-refractivity contribution is 0.0945. The quantitative estimate of drug-likeness (QED) is 0.875. The van der Waals surface area contributed by atoms with Gasteiger partial charge in [-0.25, -0.2) is 0 Å². The van der Waals surface area contributed by atoms with E-state index < -0.39 is 0 Å². The van der Waals surface area contributed by atoms with Crippen LogP contribution in [0.4, 0.5) is 0 Å². The number of pyridine rings is 1. The third-order valence-corrected chi connectivity index (χ3v) is 3.00. The zero-order valence-corrected chi connectivity index (χ0v) is 10.9. The third kappa shape index (κ3) is 3.17. The van der Waals surface area contributed by atoms with E-state index in [1.54, 1.807) is 6.20 Å². The van der Waals surface area contributed by atoms with E-state index in [1.807, 2.05) is 43.3 Å². The summed E-state index contributed by atoms with van der Waals surface area (Å²) in [4.78, 5) is 16.1. The molecule has 0 saturated carbocycles. The highest BCUT2D eigenvalue weighted by molar-refractivity contribution is 5.93. The van der Waals surface area contributed by atoms with Crippen LogP contribution in [-0.2, 0) is 13.1 Å². The van der Waals surface area contributed by atoms with E-state index in [0.29, 0.717) is 18.8 Å². The molecule has 1 aromatic heterocycles. The van der Waals surface area contributed by atoms with Crippen LogP contribution in [0.5, 0.6) is 0 Å². The Morgan fingerprint density at radius 1 is 1.21 bits per heavy atom. The van der Waals surface area contributed by atoms with Gasteiger partial charge in [0, 0.05) is 19.3 Å². The molecule has 0 saturated heterocycles. The molecule has 0 aliphatic carbocycles. The van der Waals surface area contributed by atoms with Gasteiger partial charge in [0.15, 0.2) is 0 Å². The van der Waals surface area contributed by atoms with Crippen molar-refractivity contribution in [2.75, 3.05) is 0 Å². The molecule has 0 radical (unpaired) electrons. The molecule has 0 aliphatic heterocycles. The third-order valence-electron chi connectivity index (χ3n) is 3.00. The van der Waals surface area contributed by atoms with Gasteiger partial charge >= 0.3 is 0 Å². The molecule has 0 spiro atoms. The number of benzene rings is 1. The summed E-state index contributed by atoms with van der Waals surface area (Å²) in [6.07, 6.45) is 1.62. The highest BCUT2D eigenvalue weighted by Crippen LogP contribution is 2.08. The largest absolute Gasteiger partial charge is 0.347 e. The molecule has 3 N–H and O–H groups in total. The summed E-state index contributed by atoms with van der Waals surface area (Å²) in [7, 11) is 0. The van der Waals surface area contributed by atoms with Crippen LogP contribution in [0.1, 0.15) is 27.2 Å². The normalized spacial score (nSPS) is 10.2. The van der Waals surface area contributed by atoms with E-state index in [4.69, 9.17) is 5.73 Å². The number of nitrogens with one attached hydrogen (secondary N) is 1. The minimum atomic E-state index is -0.162. The Labute approximate surface area is 112 Å². The van der Waals surface area contributed by atoms with Crippen molar-refractivity contribution >= 4 is 5.91 Å². The van der Waals surface area contributed by atoms with Gasteiger partial charge in [0.05, 0.1) is 0 Å². The minimum Gasteiger partial charge on any atom is -0.347 e. The zero-order valence-electron chi connectivity index (χ0n) is 10.9. The topological polar surface area (TPSA) is 68.0 Å². The van der Waals surface area contributed by atoms with Crippen LogP contribution in [0.2, 0.25) is 0 Å². The van der Waals surface area contributed by atoms with Crippen molar-refractivity contribution in [2.45, 2.75) is 20.0 Å². The van der Waals surface area contributed by atoms with Crippen LogP contribution in [0, 0.1) is 6.92 Å². The maximum absolute atomic E-state index is 12.0. The molecule has 1 aromatic carbocycles. The van der Waals surface area contributed by atoms with E-state index in [9.17, 15) is 4.79 Å². The highest BCUT2D eigenvalue weighted by Gasteiger charge is 2.10. The van der Waals surface area contributed by atoms with Gasteiger partial charge in [0.25, 0.3) is 5.91 Å². The molecule has 1 amide bonds. The molecule has 19 heavy (non-hydrogen) atoms. The fourth-order valence-electron chi connectivity index (χ4n) is 1.91. The summed E-state index contributed by atoms with van der Waals surface area (Å²) < 4.78 is 0. The molecule has 4 nitrogen and oxygen atoms in total. The monoisotopic (exact) mass is 255 g/mol. The summed E-state index contributed by atoms with van der Waals surface area (Å²) in [5.74, 6) is -0.162. The van der Waals surface area contributed by atoms with Gasteiger partial charge < -0.3 is 11.1 Å². The van der Waals surface area contributed by atoms with Gasteiger partial charge in [-0.05, 0) is 29.7 Å². The number of nitrogens with zero attached hydrogens (tertiary/aromatic N) is 1. The number of aryl methyl sites for hydroxylation is 1. The maximum atomic E-state index is 12.0. The lowest BCUT2D eigenvalue weighted by atomic mass is 10.1. The molecule has 98 valence electrons. The fourth-order valence-corrected chi connectivity index (χ4v) is 1.91. The first-order valence-electron chi connectivity index (χ1n) is 6.19. The lowest BCUT2D eigenvalue weighted by Crippen LogP contribution is -2.25. The smallest absolute Gasteiger partial charge is 0.270 e. The average Bonchev–Trinajstić information content (AvgIpc) is 2.45. The van der Waals surface area contributed by atoms with Gasteiger partial charge in [-0.15, -0.1) is 0 Å². The number of carbonyl (C=O) groups is 1. The van der Waals surface area contributed by atoms with Crippen molar-refractivity contribution in [1.29, 1.82) is 0 Å². The Morgan fingerprint density at radius 3 is 2.63 bits per heavy atom. The molecular formula is C15H17N3O. The van der Waals surface area contributed by atoms with E-state index >= 15 is 0 Å². The molecule has 2 aromatic rings. The van der Waals surface area contributed by atoms with E-state index in [1.165, 1.54) is 0 Å². The number of hydrogen-bond acceptors (Lipinski definition) is 3. The summed E-state index contributed by atoms with van der Waals surface area (Å²) in [5.41, 5.74) is 9.08. The Balaban J connectivity index is 2.07. The van der Waals surface area contributed by atoms with Crippen LogP contribution in [-0.4, -0.2) is 10.9 Å². The molecule has 0 unspecified atom stereocenters. The summed E-state index contributed by atoms with van der Waals surface area (Å²) in [6.45, 7) is 2.80. The predicted octanol–water partition coefficient (Wildman–Crippen LogP) is 1.78.